The van der Waals surface area contributed by atoms with E-state index in [2.05, 4.69) is 0 Å². The van der Waals surface area contributed by atoms with Gasteiger partial charge in [-0.25, -0.2) is 4.79 Å². The van der Waals surface area contributed by atoms with E-state index in [0.29, 0.717) is 5.75 Å². The van der Waals surface area contributed by atoms with Gasteiger partial charge in [0.1, 0.15) is 16.9 Å². The van der Waals surface area contributed by atoms with E-state index < -0.39 is 17.4 Å². The van der Waals surface area contributed by atoms with Gasteiger partial charge >= 0.3 is 5.97 Å². The van der Waals surface area contributed by atoms with Crippen molar-refractivity contribution < 1.29 is 28.6 Å². The van der Waals surface area contributed by atoms with Crippen LogP contribution in [-0.4, -0.2) is 36.9 Å². The van der Waals surface area contributed by atoms with Crippen LogP contribution in [0.2, 0.25) is 0 Å². The van der Waals surface area contributed by atoms with Gasteiger partial charge in [-0.1, -0.05) is 37.3 Å². The third-order valence-corrected chi connectivity index (χ3v) is 4.30. The van der Waals surface area contributed by atoms with Gasteiger partial charge in [-0.2, -0.15) is 0 Å². The van der Waals surface area contributed by atoms with Crippen LogP contribution in [0.1, 0.15) is 39.7 Å². The maximum absolute atomic E-state index is 12.7. The van der Waals surface area contributed by atoms with Gasteiger partial charge in [0.2, 0.25) is 0 Å². The Hall–Kier alpha value is -2.99. The highest BCUT2D eigenvalue weighted by molar-refractivity contribution is 6.22. The first-order chi connectivity index (χ1) is 14.3. The second-order valence-corrected chi connectivity index (χ2v) is 6.55. The maximum atomic E-state index is 12.7. The summed E-state index contributed by atoms with van der Waals surface area (Å²) < 4.78 is 16.1. The second-order valence-electron chi connectivity index (χ2n) is 6.55. The van der Waals surface area contributed by atoms with Crippen LogP contribution in [0.4, 0.5) is 0 Å². The Labute approximate surface area is 178 Å². The summed E-state index contributed by atoms with van der Waals surface area (Å²) in [5.74, 6) is -0.914. The number of hydrogen-bond donors (Lipinski definition) is 0. The molecule has 0 saturated heterocycles. The number of ketones is 2. The minimum absolute atomic E-state index is 0.104. The molecule has 0 spiro atoms. The number of methoxy groups -OCH3 is 1. The molecule has 0 aliphatic rings. The third kappa shape index (κ3) is 7.44. The molecule has 162 valence electrons. The van der Waals surface area contributed by atoms with E-state index in [1.54, 1.807) is 59.1 Å². The Kier molecular flexibility index (Phi) is 10.5. The molecule has 0 aromatic heterocycles. The molecule has 0 unspecified atom stereocenters. The number of rotatable bonds is 12. The van der Waals surface area contributed by atoms with Crippen LogP contribution in [0.3, 0.4) is 0 Å². The summed E-state index contributed by atoms with van der Waals surface area (Å²) in [5.41, 5.74) is -0.895. The number of carbonyl (C=O) groups excluding carboxylic acids is 3. The lowest BCUT2D eigenvalue weighted by Gasteiger charge is -2.26. The van der Waals surface area contributed by atoms with E-state index in [-0.39, 0.29) is 31.0 Å². The zero-order chi connectivity index (χ0) is 22.6. The van der Waals surface area contributed by atoms with E-state index in [1.807, 2.05) is 12.1 Å². The molecule has 1 aromatic rings. The van der Waals surface area contributed by atoms with E-state index in [9.17, 15) is 14.4 Å². The van der Waals surface area contributed by atoms with Crippen molar-refractivity contribution in [1.82, 2.24) is 0 Å². The fraction of sp³-hybridized carbons (Fsp3) is 0.375. The third-order valence-electron chi connectivity index (χ3n) is 4.30. The van der Waals surface area contributed by atoms with E-state index in [1.165, 1.54) is 18.2 Å². The number of hydrogen-bond acceptors (Lipinski definition) is 6. The van der Waals surface area contributed by atoms with Crippen LogP contribution in [0.25, 0.3) is 0 Å². The summed E-state index contributed by atoms with van der Waals surface area (Å²) >= 11 is 0. The first-order valence-electron chi connectivity index (χ1n) is 9.85. The first kappa shape index (κ1) is 25.0. The fourth-order valence-electron chi connectivity index (χ4n) is 2.57. The van der Waals surface area contributed by atoms with Gasteiger partial charge in [0.25, 0.3) is 0 Å². The number of allylic oxidation sites excluding steroid dienone is 4. The lowest BCUT2D eigenvalue weighted by atomic mass is 9.93. The average molecular weight is 414 g/mol. The minimum Gasteiger partial charge on any atom is -0.497 e. The van der Waals surface area contributed by atoms with Gasteiger partial charge in [-0.3, -0.25) is 9.59 Å². The number of Topliss-reactive ketones (excluding diaryl/α,β-unsaturated/α-hetero) is 1. The molecule has 0 N–H and O–H groups in total. The predicted molar refractivity (Wildman–Crippen MR) is 115 cm³/mol. The molecule has 0 aliphatic heterocycles. The van der Waals surface area contributed by atoms with Crippen molar-refractivity contribution in [2.75, 3.05) is 13.7 Å². The largest absolute Gasteiger partial charge is 0.497 e. The molecule has 0 bridgehead atoms. The predicted octanol–water partition coefficient (Wildman–Crippen LogP) is 4.14. The maximum Gasteiger partial charge on any atom is 0.341 e. The highest BCUT2D eigenvalue weighted by Gasteiger charge is 2.34. The fourth-order valence-corrected chi connectivity index (χ4v) is 2.57. The molecule has 0 aliphatic carbocycles. The van der Waals surface area contributed by atoms with Crippen LogP contribution < -0.4 is 4.74 Å². The lowest BCUT2D eigenvalue weighted by Crippen LogP contribution is -2.37. The van der Waals surface area contributed by atoms with Gasteiger partial charge in [-0.05, 0) is 50.6 Å². The molecular weight excluding hydrogens is 384 g/mol. The Bertz CT molecular complexity index is 817. The van der Waals surface area contributed by atoms with E-state index in [4.69, 9.17) is 14.2 Å². The molecule has 1 aromatic carbocycles. The van der Waals surface area contributed by atoms with Crippen molar-refractivity contribution >= 4 is 17.5 Å². The van der Waals surface area contributed by atoms with E-state index in [0.717, 1.165) is 5.56 Å². The Morgan fingerprint density at radius 2 is 1.73 bits per heavy atom. The molecule has 6 heteroatoms. The molecular formula is C24H30O6. The second kappa shape index (κ2) is 12.5. The van der Waals surface area contributed by atoms with Crippen molar-refractivity contribution in [2.24, 2.45) is 0 Å². The standard InChI is InChI=1S/C24H30O6/c1-6-9-10-11-21(25)20(23(27)29-8-3)16-24(4,22(26)7-2)30-17-18-12-14-19(28-5)15-13-18/h6,9-16H,7-8,17H2,1-5H3/b9-6+,11-10+,20-16-/t24-/m0/s1. The Morgan fingerprint density at radius 3 is 2.27 bits per heavy atom. The van der Waals surface area contributed by atoms with Crippen LogP contribution in [0.15, 0.2) is 60.2 Å². The monoisotopic (exact) mass is 414 g/mol. The van der Waals surface area contributed by atoms with Crippen LogP contribution in [0, 0.1) is 0 Å². The van der Waals surface area contributed by atoms with Gasteiger partial charge in [0.05, 0.1) is 20.3 Å². The molecule has 0 fully saturated rings. The number of ether oxygens (including phenoxy) is 3. The van der Waals surface area contributed by atoms with Crippen LogP contribution >= 0.6 is 0 Å². The van der Waals surface area contributed by atoms with Crippen molar-refractivity contribution in [3.63, 3.8) is 0 Å². The molecule has 30 heavy (non-hydrogen) atoms. The Morgan fingerprint density at radius 1 is 1.07 bits per heavy atom. The summed E-state index contributed by atoms with van der Waals surface area (Å²) in [6, 6.07) is 7.20. The molecule has 1 atom stereocenters. The van der Waals surface area contributed by atoms with Crippen LogP contribution in [-0.2, 0) is 30.5 Å². The topological polar surface area (TPSA) is 78.9 Å². The van der Waals surface area contributed by atoms with Crippen molar-refractivity contribution in [3.05, 3.63) is 65.8 Å². The molecule has 6 nitrogen and oxygen atoms in total. The van der Waals surface area contributed by atoms with Crippen molar-refractivity contribution in [2.45, 2.75) is 46.3 Å². The molecule has 0 amide bonds. The summed E-state index contributed by atoms with van der Waals surface area (Å²) in [7, 11) is 1.58. The first-order valence-corrected chi connectivity index (χ1v) is 9.85. The summed E-state index contributed by atoms with van der Waals surface area (Å²) in [6.07, 6.45) is 7.63. The van der Waals surface area contributed by atoms with Crippen LogP contribution in [0.5, 0.6) is 5.75 Å². The molecule has 0 radical (unpaired) electrons. The highest BCUT2D eigenvalue weighted by Crippen LogP contribution is 2.23. The lowest BCUT2D eigenvalue weighted by molar-refractivity contribution is -0.140. The smallest absolute Gasteiger partial charge is 0.341 e. The minimum atomic E-state index is -1.47. The SMILES string of the molecule is C/C=C/C=C/C(=O)/C(=C/[C@](C)(OCc1ccc(OC)cc1)C(=O)CC)C(=O)OCC. The molecule has 1 rings (SSSR count). The van der Waals surface area contributed by atoms with Gasteiger partial charge in [0, 0.05) is 6.42 Å². The summed E-state index contributed by atoms with van der Waals surface area (Å²) in [5, 5.41) is 0. The molecule has 0 heterocycles. The average Bonchev–Trinajstić information content (AvgIpc) is 2.76. The summed E-state index contributed by atoms with van der Waals surface area (Å²) in [6.45, 7) is 6.91. The quantitative estimate of drug-likeness (QED) is 0.168. The zero-order valence-electron chi connectivity index (χ0n) is 18.3. The van der Waals surface area contributed by atoms with Gasteiger partial charge in [0.15, 0.2) is 11.6 Å². The van der Waals surface area contributed by atoms with Gasteiger partial charge < -0.3 is 14.2 Å². The molecule has 0 saturated carbocycles. The van der Waals surface area contributed by atoms with Crippen molar-refractivity contribution in [1.29, 1.82) is 0 Å². The van der Waals surface area contributed by atoms with Gasteiger partial charge in [-0.15, -0.1) is 0 Å². The summed E-state index contributed by atoms with van der Waals surface area (Å²) in [4.78, 5) is 37.7. The zero-order valence-corrected chi connectivity index (χ0v) is 18.3. The normalized spacial score (nSPS) is 14.0. The van der Waals surface area contributed by atoms with E-state index >= 15 is 0 Å². The number of carbonyl (C=O) groups is 3. The highest BCUT2D eigenvalue weighted by atomic mass is 16.5. The number of benzene rings is 1. The number of esters is 1. The van der Waals surface area contributed by atoms with Crippen molar-refractivity contribution in [3.8, 4) is 5.75 Å². The Balaban J connectivity index is 3.25.